The van der Waals surface area contributed by atoms with Gasteiger partial charge in [-0.05, 0) is 12.0 Å². The van der Waals surface area contributed by atoms with Crippen molar-refractivity contribution in [1.82, 2.24) is 19.2 Å². The highest BCUT2D eigenvalue weighted by Gasteiger charge is 2.31. The van der Waals surface area contributed by atoms with E-state index in [2.05, 4.69) is 9.97 Å². The Kier molecular flexibility index (Phi) is 5.26. The minimum absolute atomic E-state index is 0.0133. The molecule has 2 aliphatic rings. The molecule has 0 aliphatic carbocycles. The molecule has 1 saturated heterocycles. The highest BCUT2D eigenvalue weighted by molar-refractivity contribution is 7.88. The molecule has 9 heteroatoms. The number of H-pyrrole nitrogens is 1. The van der Waals surface area contributed by atoms with E-state index in [4.69, 9.17) is 0 Å². The van der Waals surface area contributed by atoms with Crippen molar-refractivity contribution in [3.8, 4) is 0 Å². The average Bonchev–Trinajstić information content (AvgIpc) is 3.18. The monoisotopic (exact) mass is 416 g/mol. The SMILES string of the molecule is CS(=O)(=O)N1CCc2nc([C@@H]3CCN(C(=O)Cc4ccccc4)C3)[nH]c(=O)c2C1. The van der Waals surface area contributed by atoms with Gasteiger partial charge in [-0.15, -0.1) is 0 Å². The van der Waals surface area contributed by atoms with E-state index >= 15 is 0 Å². The molecule has 1 amide bonds. The maximum atomic E-state index is 12.6. The molecular formula is C20H24N4O4S. The van der Waals surface area contributed by atoms with Gasteiger partial charge in [0.1, 0.15) is 5.82 Å². The van der Waals surface area contributed by atoms with E-state index in [1.807, 2.05) is 35.2 Å². The third-order valence-electron chi connectivity index (χ3n) is 5.65. The number of amides is 1. The van der Waals surface area contributed by atoms with E-state index in [1.54, 1.807) is 0 Å². The third kappa shape index (κ3) is 4.25. The van der Waals surface area contributed by atoms with E-state index in [-0.39, 0.29) is 23.9 Å². The van der Waals surface area contributed by atoms with E-state index in [0.29, 0.717) is 49.6 Å². The minimum Gasteiger partial charge on any atom is -0.342 e. The molecule has 29 heavy (non-hydrogen) atoms. The first-order valence-corrected chi connectivity index (χ1v) is 11.5. The molecule has 1 atom stereocenters. The predicted octanol–water partition coefficient (Wildman–Crippen LogP) is 0.646. The minimum atomic E-state index is -3.35. The summed E-state index contributed by atoms with van der Waals surface area (Å²) in [6, 6.07) is 9.64. The van der Waals surface area contributed by atoms with Gasteiger partial charge in [0.05, 0.1) is 23.9 Å². The van der Waals surface area contributed by atoms with Crippen molar-refractivity contribution in [2.24, 2.45) is 0 Å². The number of nitrogens with one attached hydrogen (secondary N) is 1. The van der Waals surface area contributed by atoms with Gasteiger partial charge in [-0.3, -0.25) is 9.59 Å². The van der Waals surface area contributed by atoms with Crippen molar-refractivity contribution >= 4 is 15.9 Å². The number of benzene rings is 1. The molecule has 4 rings (SSSR count). The summed E-state index contributed by atoms with van der Waals surface area (Å²) in [4.78, 5) is 34.5. The number of aromatic amines is 1. The van der Waals surface area contributed by atoms with Crippen LogP contribution in [0.1, 0.15) is 35.0 Å². The molecule has 3 heterocycles. The summed E-state index contributed by atoms with van der Waals surface area (Å²) in [7, 11) is -3.35. The van der Waals surface area contributed by atoms with Crippen LogP contribution in [0.25, 0.3) is 0 Å². The molecule has 0 radical (unpaired) electrons. The Labute approximate surface area is 169 Å². The molecule has 1 aromatic heterocycles. The first-order valence-electron chi connectivity index (χ1n) is 9.70. The summed E-state index contributed by atoms with van der Waals surface area (Å²) < 4.78 is 24.8. The molecular weight excluding hydrogens is 392 g/mol. The van der Waals surface area contributed by atoms with Gasteiger partial charge >= 0.3 is 0 Å². The number of hydrogen-bond donors (Lipinski definition) is 1. The smallest absolute Gasteiger partial charge is 0.255 e. The van der Waals surface area contributed by atoms with Gasteiger partial charge < -0.3 is 9.88 Å². The molecule has 0 bridgehead atoms. The van der Waals surface area contributed by atoms with Crippen molar-refractivity contribution < 1.29 is 13.2 Å². The first kappa shape index (κ1) is 19.8. The molecule has 2 aliphatic heterocycles. The number of rotatable bonds is 4. The maximum Gasteiger partial charge on any atom is 0.255 e. The molecule has 154 valence electrons. The lowest BCUT2D eigenvalue weighted by molar-refractivity contribution is -0.129. The van der Waals surface area contributed by atoms with Crippen molar-refractivity contribution in [3.05, 3.63) is 63.3 Å². The predicted molar refractivity (Wildman–Crippen MR) is 108 cm³/mol. The fraction of sp³-hybridized carbons (Fsp3) is 0.450. The van der Waals surface area contributed by atoms with E-state index < -0.39 is 10.0 Å². The van der Waals surface area contributed by atoms with Crippen LogP contribution in [-0.2, 0) is 34.2 Å². The standard InChI is InChI=1S/C20H24N4O4S/c1-29(27,28)24-10-8-17-16(13-24)20(26)22-19(21-17)15-7-9-23(12-15)18(25)11-14-5-3-2-4-6-14/h2-6,15H,7-13H2,1H3,(H,21,22,26)/t15-/m1/s1. The molecule has 1 aromatic carbocycles. The quantitative estimate of drug-likeness (QED) is 0.788. The van der Waals surface area contributed by atoms with E-state index in [9.17, 15) is 18.0 Å². The number of carbonyl (C=O) groups is 1. The summed E-state index contributed by atoms with van der Waals surface area (Å²) >= 11 is 0. The summed E-state index contributed by atoms with van der Waals surface area (Å²) in [6.45, 7) is 1.55. The number of nitrogens with zero attached hydrogens (tertiary/aromatic N) is 3. The Morgan fingerprint density at radius 1 is 1.24 bits per heavy atom. The Morgan fingerprint density at radius 3 is 2.72 bits per heavy atom. The number of carbonyl (C=O) groups excluding carboxylic acids is 1. The number of hydrogen-bond acceptors (Lipinski definition) is 5. The molecule has 8 nitrogen and oxygen atoms in total. The van der Waals surface area contributed by atoms with Crippen molar-refractivity contribution in [3.63, 3.8) is 0 Å². The zero-order valence-corrected chi connectivity index (χ0v) is 17.1. The van der Waals surface area contributed by atoms with Gasteiger partial charge in [-0.2, -0.15) is 4.31 Å². The zero-order chi connectivity index (χ0) is 20.6. The highest BCUT2D eigenvalue weighted by atomic mass is 32.2. The molecule has 0 saturated carbocycles. The fourth-order valence-corrected chi connectivity index (χ4v) is 4.77. The Hall–Kier alpha value is -2.52. The van der Waals surface area contributed by atoms with Crippen LogP contribution in [-0.4, -0.2) is 59.4 Å². The van der Waals surface area contributed by atoms with Crippen molar-refractivity contribution in [1.29, 1.82) is 0 Å². The summed E-state index contributed by atoms with van der Waals surface area (Å²) in [5.74, 6) is 0.653. The van der Waals surface area contributed by atoms with Crippen LogP contribution < -0.4 is 5.56 Å². The van der Waals surface area contributed by atoms with Gasteiger partial charge in [-0.25, -0.2) is 13.4 Å². The second-order valence-corrected chi connectivity index (χ2v) is 9.69. The number of aromatic nitrogens is 2. The Balaban J connectivity index is 1.47. The molecule has 0 unspecified atom stereocenters. The normalized spacial score (nSPS) is 19.9. The molecule has 0 spiro atoms. The van der Waals surface area contributed by atoms with Gasteiger partial charge in [0.25, 0.3) is 5.56 Å². The van der Waals surface area contributed by atoms with Gasteiger partial charge in [0.15, 0.2) is 0 Å². The van der Waals surface area contributed by atoms with Crippen LogP contribution >= 0.6 is 0 Å². The Bertz CT molecular complexity index is 1080. The van der Waals surface area contributed by atoms with Crippen LogP contribution in [0.2, 0.25) is 0 Å². The van der Waals surface area contributed by atoms with Crippen LogP contribution in [0.15, 0.2) is 35.1 Å². The van der Waals surface area contributed by atoms with Crippen LogP contribution in [0, 0.1) is 0 Å². The van der Waals surface area contributed by atoms with Crippen molar-refractivity contribution in [2.45, 2.75) is 31.7 Å². The van der Waals surface area contributed by atoms with E-state index in [0.717, 1.165) is 18.2 Å². The van der Waals surface area contributed by atoms with Gasteiger partial charge in [-0.1, -0.05) is 30.3 Å². The highest BCUT2D eigenvalue weighted by Crippen LogP contribution is 2.26. The van der Waals surface area contributed by atoms with Crippen LogP contribution in [0.3, 0.4) is 0 Å². The molecule has 2 aromatic rings. The van der Waals surface area contributed by atoms with Crippen LogP contribution in [0.4, 0.5) is 0 Å². The largest absolute Gasteiger partial charge is 0.342 e. The van der Waals surface area contributed by atoms with Gasteiger partial charge in [0.2, 0.25) is 15.9 Å². The lowest BCUT2D eigenvalue weighted by atomic mass is 10.1. The Morgan fingerprint density at radius 2 is 2.00 bits per heavy atom. The summed E-state index contributed by atoms with van der Waals surface area (Å²) in [6.07, 6.45) is 2.68. The fourth-order valence-electron chi connectivity index (χ4n) is 3.99. The van der Waals surface area contributed by atoms with Crippen LogP contribution in [0.5, 0.6) is 0 Å². The summed E-state index contributed by atoms with van der Waals surface area (Å²) in [5.41, 5.74) is 1.78. The second-order valence-electron chi connectivity index (χ2n) is 7.71. The topological polar surface area (TPSA) is 103 Å². The zero-order valence-electron chi connectivity index (χ0n) is 16.3. The number of likely N-dealkylation sites (tertiary alicyclic amines) is 1. The number of fused-ring (bicyclic) bond motifs is 1. The maximum absolute atomic E-state index is 12.6. The lowest BCUT2D eigenvalue weighted by Gasteiger charge is -2.26. The van der Waals surface area contributed by atoms with Crippen molar-refractivity contribution in [2.75, 3.05) is 25.9 Å². The summed E-state index contributed by atoms with van der Waals surface area (Å²) in [5, 5.41) is 0. The number of sulfonamides is 1. The van der Waals surface area contributed by atoms with Gasteiger partial charge in [0, 0.05) is 38.5 Å². The average molecular weight is 417 g/mol. The lowest BCUT2D eigenvalue weighted by Crippen LogP contribution is -2.39. The van der Waals surface area contributed by atoms with E-state index in [1.165, 1.54) is 4.31 Å². The molecule has 1 N–H and O–H groups in total. The second kappa shape index (κ2) is 7.72. The third-order valence-corrected chi connectivity index (χ3v) is 6.90. The first-order chi connectivity index (χ1) is 13.8. The molecule has 1 fully saturated rings.